The molecular formula is C12H8Br2O4S2. The van der Waals surface area contributed by atoms with Gasteiger partial charge in [0, 0.05) is 13.8 Å². The Balaban J connectivity index is 2.52. The van der Waals surface area contributed by atoms with E-state index in [0.29, 0.717) is 13.8 Å². The Kier molecular flexibility index (Phi) is 4.68. The molecule has 4 nitrogen and oxygen atoms in total. The molecule has 0 fully saturated rings. The Hall–Kier alpha value is -0.700. The zero-order valence-corrected chi connectivity index (χ0v) is 14.6. The number of sulfone groups is 1. The van der Waals surface area contributed by atoms with Crippen LogP contribution < -0.4 is 0 Å². The fourth-order valence-corrected chi connectivity index (χ4v) is 5.77. The van der Waals surface area contributed by atoms with Crippen molar-refractivity contribution in [3.63, 3.8) is 0 Å². The molecule has 2 aromatic rings. The fourth-order valence-electron chi connectivity index (χ4n) is 1.61. The van der Waals surface area contributed by atoms with E-state index in [1.807, 2.05) is 0 Å². The number of rotatable bonds is 4. The van der Waals surface area contributed by atoms with Crippen LogP contribution in [0.25, 0.3) is 0 Å². The van der Waals surface area contributed by atoms with E-state index in [-0.39, 0.29) is 16.2 Å². The monoisotopic (exact) mass is 438 g/mol. The molecule has 8 heteroatoms. The van der Waals surface area contributed by atoms with Gasteiger partial charge in [-0.3, -0.25) is 0 Å². The summed E-state index contributed by atoms with van der Waals surface area (Å²) in [5.74, 6) is -1.50. The van der Waals surface area contributed by atoms with Crippen molar-refractivity contribution in [2.75, 3.05) is 0 Å². The van der Waals surface area contributed by atoms with Crippen molar-refractivity contribution in [1.29, 1.82) is 0 Å². The molecule has 0 saturated carbocycles. The number of carboxylic acids is 1. The van der Waals surface area contributed by atoms with Gasteiger partial charge in [-0.25, -0.2) is 13.2 Å². The SMILES string of the molecule is O=C(O)c1ccc(Br)cc1S(=O)(=O)Cc1sccc1Br. The van der Waals surface area contributed by atoms with Gasteiger partial charge in [-0.05, 0) is 45.6 Å². The lowest BCUT2D eigenvalue weighted by molar-refractivity contribution is 0.0692. The highest BCUT2D eigenvalue weighted by Crippen LogP contribution is 2.29. The minimum Gasteiger partial charge on any atom is -0.478 e. The highest BCUT2D eigenvalue weighted by Gasteiger charge is 2.24. The summed E-state index contributed by atoms with van der Waals surface area (Å²) >= 11 is 7.74. The Labute approximate surface area is 136 Å². The molecule has 0 radical (unpaired) electrons. The predicted octanol–water partition coefficient (Wildman–Crippen LogP) is 3.95. The van der Waals surface area contributed by atoms with Crippen molar-refractivity contribution in [2.24, 2.45) is 0 Å². The molecule has 0 aliphatic rings. The molecule has 0 spiro atoms. The third-order valence-electron chi connectivity index (χ3n) is 2.52. The van der Waals surface area contributed by atoms with Crippen LogP contribution in [0.4, 0.5) is 0 Å². The first-order chi connectivity index (χ1) is 9.31. The van der Waals surface area contributed by atoms with Crippen LogP contribution in [-0.4, -0.2) is 19.5 Å². The minimum absolute atomic E-state index is 0.181. The Morgan fingerprint density at radius 2 is 1.95 bits per heavy atom. The van der Waals surface area contributed by atoms with Crippen LogP contribution in [-0.2, 0) is 15.6 Å². The fraction of sp³-hybridized carbons (Fsp3) is 0.0833. The Morgan fingerprint density at radius 3 is 2.50 bits per heavy atom. The van der Waals surface area contributed by atoms with E-state index in [1.165, 1.54) is 29.5 Å². The van der Waals surface area contributed by atoms with Crippen LogP contribution in [0.1, 0.15) is 15.2 Å². The summed E-state index contributed by atoms with van der Waals surface area (Å²) in [6.07, 6.45) is 0. The third-order valence-corrected chi connectivity index (χ3v) is 6.80. The van der Waals surface area contributed by atoms with Crippen LogP contribution in [0, 0.1) is 0 Å². The first-order valence-corrected chi connectivity index (χ1v) is 9.40. The predicted molar refractivity (Wildman–Crippen MR) is 84.0 cm³/mol. The van der Waals surface area contributed by atoms with E-state index in [2.05, 4.69) is 31.9 Å². The maximum Gasteiger partial charge on any atom is 0.337 e. The van der Waals surface area contributed by atoms with Gasteiger partial charge in [0.2, 0.25) is 0 Å². The number of carboxylic acid groups (broad SMARTS) is 1. The average molecular weight is 440 g/mol. The number of hydrogen-bond donors (Lipinski definition) is 1. The van der Waals surface area contributed by atoms with Crippen molar-refractivity contribution < 1.29 is 18.3 Å². The molecule has 1 aromatic heterocycles. The maximum atomic E-state index is 12.4. The topological polar surface area (TPSA) is 71.4 Å². The lowest BCUT2D eigenvalue weighted by atomic mass is 10.2. The Bertz CT molecular complexity index is 766. The van der Waals surface area contributed by atoms with Crippen molar-refractivity contribution in [2.45, 2.75) is 10.6 Å². The van der Waals surface area contributed by atoms with Crippen molar-refractivity contribution in [1.82, 2.24) is 0 Å². The van der Waals surface area contributed by atoms with Crippen LogP contribution >= 0.6 is 43.2 Å². The first-order valence-electron chi connectivity index (χ1n) is 5.29. The summed E-state index contributed by atoms with van der Waals surface area (Å²) in [5.41, 5.74) is -0.221. The third kappa shape index (κ3) is 3.30. The van der Waals surface area contributed by atoms with Gasteiger partial charge in [0.05, 0.1) is 16.2 Å². The number of halogens is 2. The second-order valence-corrected chi connectivity index (χ2v) is 8.63. The molecule has 1 N–H and O–H groups in total. The minimum atomic E-state index is -3.73. The normalized spacial score (nSPS) is 11.5. The van der Waals surface area contributed by atoms with E-state index < -0.39 is 15.8 Å². The number of hydrogen-bond acceptors (Lipinski definition) is 4. The maximum absolute atomic E-state index is 12.4. The highest BCUT2D eigenvalue weighted by atomic mass is 79.9. The highest BCUT2D eigenvalue weighted by molar-refractivity contribution is 9.10. The number of carbonyl (C=O) groups is 1. The second kappa shape index (κ2) is 5.97. The van der Waals surface area contributed by atoms with Gasteiger partial charge in [0.1, 0.15) is 0 Å². The van der Waals surface area contributed by atoms with Crippen LogP contribution in [0.2, 0.25) is 0 Å². The molecule has 0 bridgehead atoms. The second-order valence-electron chi connectivity index (χ2n) is 3.90. The van der Waals surface area contributed by atoms with Gasteiger partial charge < -0.3 is 5.11 Å². The number of aromatic carboxylic acids is 1. The van der Waals surface area contributed by atoms with Crippen LogP contribution in [0.15, 0.2) is 43.5 Å². The molecule has 0 aliphatic carbocycles. The molecule has 0 atom stereocenters. The van der Waals surface area contributed by atoms with E-state index in [4.69, 9.17) is 5.11 Å². The van der Waals surface area contributed by atoms with E-state index in [1.54, 1.807) is 11.4 Å². The number of thiophene rings is 1. The van der Waals surface area contributed by atoms with Crippen molar-refractivity contribution in [3.8, 4) is 0 Å². The lowest BCUT2D eigenvalue weighted by Gasteiger charge is -2.08. The molecule has 20 heavy (non-hydrogen) atoms. The van der Waals surface area contributed by atoms with Crippen LogP contribution in [0.3, 0.4) is 0 Å². The zero-order valence-electron chi connectivity index (χ0n) is 9.84. The molecule has 1 heterocycles. The van der Waals surface area contributed by atoms with Gasteiger partial charge >= 0.3 is 5.97 Å². The molecule has 0 saturated heterocycles. The summed E-state index contributed by atoms with van der Waals surface area (Å²) in [4.78, 5) is 11.6. The largest absolute Gasteiger partial charge is 0.478 e. The molecule has 0 unspecified atom stereocenters. The summed E-state index contributed by atoms with van der Waals surface area (Å²) < 4.78 is 26.1. The molecule has 0 aliphatic heterocycles. The number of benzene rings is 1. The van der Waals surface area contributed by atoms with Crippen molar-refractivity contribution in [3.05, 3.63) is 49.0 Å². The molecule has 1 aromatic carbocycles. The quantitative estimate of drug-likeness (QED) is 0.782. The summed E-state index contributed by atoms with van der Waals surface area (Å²) in [7, 11) is -3.73. The van der Waals surface area contributed by atoms with Gasteiger partial charge in [0.25, 0.3) is 0 Å². The van der Waals surface area contributed by atoms with E-state index >= 15 is 0 Å². The zero-order chi connectivity index (χ0) is 14.9. The average Bonchev–Trinajstić information content (AvgIpc) is 2.74. The van der Waals surface area contributed by atoms with Gasteiger partial charge in [0.15, 0.2) is 9.84 Å². The summed E-state index contributed by atoms with van der Waals surface area (Å²) in [6, 6.07) is 5.86. The molecular weight excluding hydrogens is 432 g/mol. The van der Waals surface area contributed by atoms with E-state index in [0.717, 1.165) is 0 Å². The molecule has 0 amide bonds. The van der Waals surface area contributed by atoms with Gasteiger partial charge in [-0.2, -0.15) is 0 Å². The standard InChI is InChI=1S/C12H8Br2O4S2/c13-7-1-2-8(12(15)16)11(5-7)20(17,18)6-10-9(14)3-4-19-10/h1-5H,6H2,(H,15,16). The molecule has 2 rings (SSSR count). The summed E-state index contributed by atoms with van der Waals surface area (Å²) in [6.45, 7) is 0. The smallest absolute Gasteiger partial charge is 0.337 e. The van der Waals surface area contributed by atoms with Gasteiger partial charge in [-0.15, -0.1) is 11.3 Å². The van der Waals surface area contributed by atoms with E-state index in [9.17, 15) is 13.2 Å². The lowest BCUT2D eigenvalue weighted by Crippen LogP contribution is -2.11. The first kappa shape index (κ1) is 15.7. The summed E-state index contributed by atoms with van der Waals surface area (Å²) in [5, 5.41) is 10.9. The van der Waals surface area contributed by atoms with Crippen molar-refractivity contribution >= 4 is 59.0 Å². The Morgan fingerprint density at radius 1 is 1.25 bits per heavy atom. The van der Waals surface area contributed by atoms with Gasteiger partial charge in [-0.1, -0.05) is 15.9 Å². The van der Waals surface area contributed by atoms with Crippen LogP contribution in [0.5, 0.6) is 0 Å². The molecule has 106 valence electrons.